The second-order valence-corrected chi connectivity index (χ2v) is 10.1. The second-order valence-electron chi connectivity index (χ2n) is 9.66. The lowest BCUT2D eigenvalue weighted by molar-refractivity contribution is -0.389. The maximum Gasteiger partial charge on any atom is 0.415 e. The molecule has 1 aromatic heterocycles. The van der Waals surface area contributed by atoms with Gasteiger partial charge in [0.1, 0.15) is 11.8 Å². The van der Waals surface area contributed by atoms with Gasteiger partial charge in [-0.05, 0) is 49.0 Å². The fourth-order valence-corrected chi connectivity index (χ4v) is 5.46. The highest BCUT2D eigenvalue weighted by Crippen LogP contribution is 2.32. The van der Waals surface area contributed by atoms with Crippen molar-refractivity contribution in [3.63, 3.8) is 0 Å². The normalized spacial score (nSPS) is 24.1. The number of ether oxygens (including phenoxy) is 1. The van der Waals surface area contributed by atoms with Gasteiger partial charge in [0.15, 0.2) is 0 Å². The van der Waals surface area contributed by atoms with Gasteiger partial charge in [-0.25, -0.2) is 0 Å². The summed E-state index contributed by atoms with van der Waals surface area (Å²) < 4.78 is 7.73. The van der Waals surface area contributed by atoms with E-state index in [1.165, 1.54) is 6.20 Å². The minimum absolute atomic E-state index is 0.0787. The van der Waals surface area contributed by atoms with Crippen LogP contribution in [0.5, 0.6) is 6.01 Å². The maximum atomic E-state index is 12.8. The van der Waals surface area contributed by atoms with Crippen molar-refractivity contribution in [1.82, 2.24) is 24.3 Å². The lowest BCUT2D eigenvalue weighted by Crippen LogP contribution is -2.56. The molecule has 0 saturated carbocycles. The highest BCUT2D eigenvalue weighted by Gasteiger charge is 2.42. The van der Waals surface area contributed by atoms with Crippen LogP contribution in [0.4, 0.5) is 5.82 Å². The van der Waals surface area contributed by atoms with Gasteiger partial charge in [-0.15, -0.1) is 0 Å². The fraction of sp³-hybridized carbons (Fsp3) is 0.565. The molecule has 2 aromatic rings. The summed E-state index contributed by atoms with van der Waals surface area (Å²) in [5.74, 6) is -0.0957. The summed E-state index contributed by atoms with van der Waals surface area (Å²) >= 11 is 5.94. The Morgan fingerprint density at radius 1 is 1.18 bits per heavy atom. The van der Waals surface area contributed by atoms with E-state index in [-0.39, 0.29) is 11.7 Å². The van der Waals surface area contributed by atoms with Crippen molar-refractivity contribution in [2.75, 3.05) is 45.8 Å². The molecule has 1 unspecified atom stereocenters. The molecule has 11 heteroatoms. The van der Waals surface area contributed by atoms with Crippen LogP contribution in [0.3, 0.4) is 0 Å². The van der Waals surface area contributed by atoms with E-state index in [1.807, 2.05) is 11.8 Å². The van der Waals surface area contributed by atoms with Crippen LogP contribution in [0.15, 0.2) is 30.5 Å². The van der Waals surface area contributed by atoms with Crippen molar-refractivity contribution in [2.24, 2.45) is 0 Å². The molecular weight excluding hydrogens is 460 g/mol. The van der Waals surface area contributed by atoms with E-state index in [0.29, 0.717) is 29.2 Å². The minimum Gasteiger partial charge on any atom is -0.436 e. The summed E-state index contributed by atoms with van der Waals surface area (Å²) in [6, 6.07) is 7.93. The molecule has 34 heavy (non-hydrogen) atoms. The molecule has 2 fully saturated rings. The van der Waals surface area contributed by atoms with Gasteiger partial charge in [-0.3, -0.25) is 19.2 Å². The first-order chi connectivity index (χ1) is 16.3. The van der Waals surface area contributed by atoms with Crippen molar-refractivity contribution >= 4 is 23.3 Å². The van der Waals surface area contributed by atoms with Crippen LogP contribution < -0.4 is 4.74 Å². The number of benzene rings is 1. The first kappa shape index (κ1) is 23.1. The molecule has 0 bridgehead atoms. The van der Waals surface area contributed by atoms with Crippen LogP contribution in [0.1, 0.15) is 30.1 Å². The Balaban J connectivity index is 1.07. The Hall–Kier alpha value is -2.69. The van der Waals surface area contributed by atoms with Gasteiger partial charge in [0.2, 0.25) is 0 Å². The van der Waals surface area contributed by atoms with Crippen LogP contribution >= 0.6 is 11.6 Å². The Morgan fingerprint density at radius 3 is 2.47 bits per heavy atom. The lowest BCUT2D eigenvalue weighted by Gasteiger charge is -2.43. The standard InChI is InChI=1S/C23H29ClN6O4/c1-23(16-29-14-20(30(32)33)25-22(29)34-23)15-26-10-12-27(13-11-26)19-6-8-28(9-7-19)21(31)17-2-4-18(24)5-3-17/h2-5,14,19H,6-13,15-16H2,1H3. The number of imidazole rings is 1. The molecular formula is C23H29ClN6O4. The molecule has 1 aromatic carbocycles. The Bertz CT molecular complexity index is 1030. The number of carbonyl (C=O) groups is 1. The van der Waals surface area contributed by atoms with Gasteiger partial charge < -0.3 is 19.8 Å². The molecule has 5 rings (SSSR count). The van der Waals surface area contributed by atoms with Gasteiger partial charge in [0, 0.05) is 67.4 Å². The largest absolute Gasteiger partial charge is 0.436 e. The van der Waals surface area contributed by atoms with Crippen LogP contribution in [-0.4, -0.2) is 92.5 Å². The average Bonchev–Trinajstić information content (AvgIpc) is 3.35. The molecule has 182 valence electrons. The number of rotatable bonds is 5. The van der Waals surface area contributed by atoms with Gasteiger partial charge in [0.25, 0.3) is 5.91 Å². The third-order valence-corrected chi connectivity index (χ3v) is 7.33. The average molecular weight is 489 g/mol. The lowest BCUT2D eigenvalue weighted by atomic mass is 10.0. The molecule has 1 amide bonds. The van der Waals surface area contributed by atoms with Crippen molar-refractivity contribution in [3.05, 3.63) is 51.2 Å². The quantitative estimate of drug-likeness (QED) is 0.471. The second kappa shape index (κ2) is 9.16. The predicted molar refractivity (Wildman–Crippen MR) is 126 cm³/mol. The number of nitro groups is 1. The van der Waals surface area contributed by atoms with Crippen LogP contribution in [0.2, 0.25) is 5.02 Å². The minimum atomic E-state index is -0.497. The molecule has 1 atom stereocenters. The van der Waals surface area contributed by atoms with Crippen molar-refractivity contribution < 1.29 is 14.5 Å². The number of likely N-dealkylation sites (tertiary alicyclic amines) is 1. The zero-order valence-corrected chi connectivity index (χ0v) is 20.0. The summed E-state index contributed by atoms with van der Waals surface area (Å²) in [6.07, 6.45) is 3.42. The number of halogens is 1. The van der Waals surface area contributed by atoms with E-state index < -0.39 is 10.5 Å². The summed E-state index contributed by atoms with van der Waals surface area (Å²) in [6.45, 7) is 8.77. The topological polar surface area (TPSA) is 97.0 Å². The zero-order chi connectivity index (χ0) is 23.9. The zero-order valence-electron chi connectivity index (χ0n) is 19.2. The first-order valence-electron chi connectivity index (χ1n) is 11.7. The number of nitrogens with zero attached hydrogens (tertiary/aromatic N) is 6. The third kappa shape index (κ3) is 4.75. The van der Waals surface area contributed by atoms with Gasteiger partial charge in [0.05, 0.1) is 6.54 Å². The van der Waals surface area contributed by atoms with Crippen LogP contribution in [0.25, 0.3) is 0 Å². The smallest absolute Gasteiger partial charge is 0.415 e. The van der Waals surface area contributed by atoms with Crippen molar-refractivity contribution in [2.45, 2.75) is 38.0 Å². The molecule has 0 N–H and O–H groups in total. The Labute approximate surface area is 203 Å². The molecule has 2 saturated heterocycles. The molecule has 10 nitrogen and oxygen atoms in total. The molecule has 0 radical (unpaired) electrons. The molecule has 0 spiro atoms. The van der Waals surface area contributed by atoms with E-state index in [1.54, 1.807) is 28.8 Å². The Morgan fingerprint density at radius 2 is 1.85 bits per heavy atom. The maximum absolute atomic E-state index is 12.8. The predicted octanol–water partition coefficient (Wildman–Crippen LogP) is 2.52. The number of aromatic nitrogens is 2. The number of fused-ring (bicyclic) bond motifs is 1. The van der Waals surface area contributed by atoms with E-state index in [4.69, 9.17) is 16.3 Å². The fourth-order valence-electron chi connectivity index (χ4n) is 5.33. The number of amides is 1. The van der Waals surface area contributed by atoms with E-state index in [2.05, 4.69) is 14.8 Å². The van der Waals surface area contributed by atoms with Crippen LogP contribution in [-0.2, 0) is 6.54 Å². The van der Waals surface area contributed by atoms with E-state index in [9.17, 15) is 14.9 Å². The van der Waals surface area contributed by atoms with E-state index in [0.717, 1.165) is 58.7 Å². The monoisotopic (exact) mass is 488 g/mol. The van der Waals surface area contributed by atoms with E-state index >= 15 is 0 Å². The number of piperazine rings is 1. The molecule has 3 aliphatic rings. The number of hydrogen-bond acceptors (Lipinski definition) is 7. The van der Waals surface area contributed by atoms with Crippen molar-refractivity contribution in [3.8, 4) is 6.01 Å². The summed E-state index contributed by atoms with van der Waals surface area (Å²) in [5, 5.41) is 11.5. The van der Waals surface area contributed by atoms with Crippen molar-refractivity contribution in [1.29, 1.82) is 0 Å². The Kier molecular flexibility index (Phi) is 6.22. The number of piperidine rings is 1. The summed E-state index contributed by atoms with van der Waals surface area (Å²) in [7, 11) is 0. The number of carbonyl (C=O) groups excluding carboxylic acids is 1. The number of hydrogen-bond donors (Lipinski definition) is 0. The van der Waals surface area contributed by atoms with Gasteiger partial charge >= 0.3 is 11.8 Å². The van der Waals surface area contributed by atoms with Gasteiger partial charge in [-0.1, -0.05) is 11.6 Å². The highest BCUT2D eigenvalue weighted by atomic mass is 35.5. The summed E-state index contributed by atoms with van der Waals surface area (Å²) in [4.78, 5) is 34.0. The molecule has 3 aliphatic heterocycles. The molecule has 4 heterocycles. The van der Waals surface area contributed by atoms with Crippen LogP contribution in [0, 0.1) is 10.1 Å². The molecule has 0 aliphatic carbocycles. The first-order valence-corrected chi connectivity index (χ1v) is 12.1. The third-order valence-electron chi connectivity index (χ3n) is 7.08. The highest BCUT2D eigenvalue weighted by molar-refractivity contribution is 6.30. The van der Waals surface area contributed by atoms with Gasteiger partial charge in [-0.2, -0.15) is 0 Å². The summed E-state index contributed by atoms with van der Waals surface area (Å²) in [5.41, 5.74) is 0.253. The SMILES string of the molecule is CC1(CN2CCN(C3CCN(C(=O)c4ccc(Cl)cc4)CC3)CC2)Cn2cc([N+](=O)[O-])nc2O1.